The number of rotatable bonds is 3. The monoisotopic (exact) mass is 252 g/mol. The van der Waals surface area contributed by atoms with Crippen molar-refractivity contribution in [1.29, 1.82) is 0 Å². The summed E-state index contributed by atoms with van der Waals surface area (Å²) in [5.41, 5.74) is 1.13. The molecule has 0 spiro atoms. The van der Waals surface area contributed by atoms with Crippen molar-refractivity contribution in [1.82, 2.24) is 10.2 Å². The standard InChI is InChI=1S/C14H18F2N2/c15-14(16)11-3-1-2-10(4-11)7-18-8-12-5-17-6-13(12)9-18/h1-4,12-14,17H,5-9H2/t12-,13+. The highest BCUT2D eigenvalue weighted by atomic mass is 19.3. The Kier molecular flexibility index (Phi) is 3.31. The first kappa shape index (κ1) is 12.1. The van der Waals surface area contributed by atoms with Crippen LogP contribution < -0.4 is 5.32 Å². The summed E-state index contributed by atoms with van der Waals surface area (Å²) in [7, 11) is 0. The summed E-state index contributed by atoms with van der Waals surface area (Å²) < 4.78 is 25.3. The van der Waals surface area contributed by atoms with Gasteiger partial charge in [-0.15, -0.1) is 0 Å². The van der Waals surface area contributed by atoms with Crippen LogP contribution >= 0.6 is 0 Å². The fourth-order valence-corrected chi connectivity index (χ4v) is 3.17. The summed E-state index contributed by atoms with van der Waals surface area (Å²) in [5.74, 6) is 1.51. The molecule has 0 aromatic heterocycles. The maximum absolute atomic E-state index is 12.6. The average Bonchev–Trinajstić information content (AvgIpc) is 2.90. The zero-order valence-electron chi connectivity index (χ0n) is 10.3. The fourth-order valence-electron chi connectivity index (χ4n) is 3.17. The number of likely N-dealkylation sites (tertiary alicyclic amines) is 1. The lowest BCUT2D eigenvalue weighted by molar-refractivity contribution is 0.151. The molecule has 0 unspecified atom stereocenters. The Labute approximate surface area is 106 Å². The molecule has 2 atom stereocenters. The van der Waals surface area contributed by atoms with E-state index in [1.54, 1.807) is 12.1 Å². The second-order valence-electron chi connectivity index (χ2n) is 5.42. The van der Waals surface area contributed by atoms with Gasteiger partial charge in [0.2, 0.25) is 0 Å². The normalized spacial score (nSPS) is 27.9. The van der Waals surface area contributed by atoms with Crippen molar-refractivity contribution in [3.05, 3.63) is 35.4 Å². The van der Waals surface area contributed by atoms with E-state index in [9.17, 15) is 8.78 Å². The Morgan fingerprint density at radius 2 is 1.94 bits per heavy atom. The summed E-state index contributed by atoms with van der Waals surface area (Å²) in [4.78, 5) is 2.39. The molecule has 18 heavy (non-hydrogen) atoms. The van der Waals surface area contributed by atoms with Crippen molar-refractivity contribution in [3.8, 4) is 0 Å². The maximum Gasteiger partial charge on any atom is 0.263 e. The van der Waals surface area contributed by atoms with Gasteiger partial charge in [0.1, 0.15) is 0 Å². The van der Waals surface area contributed by atoms with Crippen LogP contribution in [-0.4, -0.2) is 31.1 Å². The van der Waals surface area contributed by atoms with E-state index in [-0.39, 0.29) is 5.56 Å². The lowest BCUT2D eigenvalue weighted by Crippen LogP contribution is -2.25. The summed E-state index contributed by atoms with van der Waals surface area (Å²) in [5, 5.41) is 3.41. The minimum absolute atomic E-state index is 0.133. The zero-order chi connectivity index (χ0) is 12.5. The molecule has 2 saturated heterocycles. The molecular weight excluding hydrogens is 234 g/mol. The summed E-state index contributed by atoms with van der Waals surface area (Å²) in [6.45, 7) is 5.21. The van der Waals surface area contributed by atoms with Crippen molar-refractivity contribution in [2.45, 2.75) is 13.0 Å². The molecule has 0 saturated carbocycles. The molecular formula is C14H18F2N2. The molecule has 2 fully saturated rings. The first-order valence-corrected chi connectivity index (χ1v) is 6.52. The number of nitrogens with one attached hydrogen (secondary N) is 1. The summed E-state index contributed by atoms with van der Waals surface area (Å²) >= 11 is 0. The number of hydrogen-bond donors (Lipinski definition) is 1. The van der Waals surface area contributed by atoms with Gasteiger partial charge >= 0.3 is 0 Å². The SMILES string of the molecule is FC(F)c1cccc(CN2C[C@H]3CNC[C@H]3C2)c1. The van der Waals surface area contributed by atoms with E-state index in [4.69, 9.17) is 0 Å². The number of alkyl halides is 2. The van der Waals surface area contributed by atoms with Gasteiger partial charge in [-0.1, -0.05) is 18.2 Å². The summed E-state index contributed by atoms with van der Waals surface area (Å²) in [6.07, 6.45) is -2.37. The second kappa shape index (κ2) is 4.94. The lowest BCUT2D eigenvalue weighted by Gasteiger charge is -2.17. The predicted octanol–water partition coefficient (Wildman–Crippen LogP) is 2.28. The van der Waals surface area contributed by atoms with Gasteiger partial charge in [-0.3, -0.25) is 4.90 Å². The minimum Gasteiger partial charge on any atom is -0.316 e. The molecule has 2 aliphatic heterocycles. The molecule has 0 bridgehead atoms. The van der Waals surface area contributed by atoms with Crippen LogP contribution in [0.2, 0.25) is 0 Å². The third-order valence-electron chi connectivity index (χ3n) is 4.07. The number of halogens is 2. The third kappa shape index (κ3) is 2.40. The molecule has 2 nitrogen and oxygen atoms in total. The van der Waals surface area contributed by atoms with Gasteiger partial charge in [-0.05, 0) is 36.6 Å². The van der Waals surface area contributed by atoms with Gasteiger partial charge in [-0.25, -0.2) is 8.78 Å². The highest BCUT2D eigenvalue weighted by Gasteiger charge is 2.35. The Morgan fingerprint density at radius 1 is 1.22 bits per heavy atom. The minimum atomic E-state index is -2.37. The Morgan fingerprint density at radius 3 is 2.61 bits per heavy atom. The Hall–Kier alpha value is -1.00. The molecule has 1 aromatic rings. The zero-order valence-corrected chi connectivity index (χ0v) is 10.3. The maximum atomic E-state index is 12.6. The van der Waals surface area contributed by atoms with Gasteiger partial charge in [0, 0.05) is 25.2 Å². The molecule has 3 rings (SSSR count). The van der Waals surface area contributed by atoms with E-state index in [0.29, 0.717) is 0 Å². The van der Waals surface area contributed by atoms with E-state index < -0.39 is 6.43 Å². The Balaban J connectivity index is 1.64. The number of benzene rings is 1. The van der Waals surface area contributed by atoms with Crippen LogP contribution in [0.4, 0.5) is 8.78 Å². The number of nitrogens with zero attached hydrogens (tertiary/aromatic N) is 1. The van der Waals surface area contributed by atoms with E-state index in [1.807, 2.05) is 6.07 Å². The van der Waals surface area contributed by atoms with Crippen LogP contribution in [0.5, 0.6) is 0 Å². The predicted molar refractivity (Wildman–Crippen MR) is 66.5 cm³/mol. The molecule has 0 radical (unpaired) electrons. The largest absolute Gasteiger partial charge is 0.316 e. The second-order valence-corrected chi connectivity index (χ2v) is 5.42. The Bertz CT molecular complexity index is 410. The fraction of sp³-hybridized carbons (Fsp3) is 0.571. The van der Waals surface area contributed by atoms with Crippen LogP contribution in [0.15, 0.2) is 24.3 Å². The van der Waals surface area contributed by atoms with Crippen LogP contribution in [0.3, 0.4) is 0 Å². The average molecular weight is 252 g/mol. The lowest BCUT2D eigenvalue weighted by atomic mass is 10.0. The van der Waals surface area contributed by atoms with Gasteiger partial charge in [0.05, 0.1) is 0 Å². The quantitative estimate of drug-likeness (QED) is 0.888. The van der Waals surface area contributed by atoms with E-state index >= 15 is 0 Å². The highest BCUT2D eigenvalue weighted by molar-refractivity contribution is 5.24. The van der Waals surface area contributed by atoms with Crippen LogP contribution in [-0.2, 0) is 6.54 Å². The molecule has 98 valence electrons. The molecule has 1 N–H and O–H groups in total. The summed E-state index contributed by atoms with van der Waals surface area (Å²) in [6, 6.07) is 6.81. The molecule has 2 aliphatic rings. The molecule has 1 aromatic carbocycles. The molecule has 4 heteroatoms. The smallest absolute Gasteiger partial charge is 0.263 e. The van der Waals surface area contributed by atoms with Crippen molar-refractivity contribution < 1.29 is 8.78 Å². The van der Waals surface area contributed by atoms with Gasteiger partial charge in [0.25, 0.3) is 6.43 Å². The topological polar surface area (TPSA) is 15.3 Å². The molecule has 0 aliphatic carbocycles. The highest BCUT2D eigenvalue weighted by Crippen LogP contribution is 2.28. The van der Waals surface area contributed by atoms with Crippen LogP contribution in [0, 0.1) is 11.8 Å². The van der Waals surface area contributed by atoms with Crippen LogP contribution in [0.25, 0.3) is 0 Å². The van der Waals surface area contributed by atoms with Crippen LogP contribution in [0.1, 0.15) is 17.6 Å². The van der Waals surface area contributed by atoms with Crippen molar-refractivity contribution in [2.24, 2.45) is 11.8 Å². The van der Waals surface area contributed by atoms with Crippen molar-refractivity contribution in [2.75, 3.05) is 26.2 Å². The van der Waals surface area contributed by atoms with E-state index in [0.717, 1.165) is 50.1 Å². The van der Waals surface area contributed by atoms with Gasteiger partial charge < -0.3 is 5.32 Å². The van der Waals surface area contributed by atoms with E-state index in [2.05, 4.69) is 10.2 Å². The molecule has 0 amide bonds. The first-order valence-electron chi connectivity index (χ1n) is 6.52. The van der Waals surface area contributed by atoms with Gasteiger partial charge in [0.15, 0.2) is 0 Å². The molecule has 2 heterocycles. The van der Waals surface area contributed by atoms with Gasteiger partial charge in [-0.2, -0.15) is 0 Å². The number of hydrogen-bond acceptors (Lipinski definition) is 2. The van der Waals surface area contributed by atoms with Crippen molar-refractivity contribution >= 4 is 0 Å². The number of fused-ring (bicyclic) bond motifs is 1. The third-order valence-corrected chi connectivity index (χ3v) is 4.07. The van der Waals surface area contributed by atoms with Crippen molar-refractivity contribution in [3.63, 3.8) is 0 Å². The first-order chi connectivity index (χ1) is 8.72. The van der Waals surface area contributed by atoms with E-state index in [1.165, 1.54) is 6.07 Å².